The van der Waals surface area contributed by atoms with Gasteiger partial charge in [-0.3, -0.25) is 4.79 Å². The second-order valence-corrected chi connectivity index (χ2v) is 6.54. The Morgan fingerprint density at radius 2 is 1.90 bits per heavy atom. The molecular formula is C15H10ClNOS2. The monoisotopic (exact) mass is 319 g/mol. The summed E-state index contributed by atoms with van der Waals surface area (Å²) in [4.78, 5) is 16.5. The first-order chi connectivity index (χ1) is 9.74. The lowest BCUT2D eigenvalue weighted by atomic mass is 10.2. The number of hydrogen-bond acceptors (Lipinski definition) is 4. The fourth-order valence-corrected chi connectivity index (χ4v) is 3.87. The Kier molecular flexibility index (Phi) is 4.05. The first kappa shape index (κ1) is 13.6. The molecule has 0 saturated carbocycles. The van der Waals surface area contributed by atoms with Crippen LogP contribution >= 0.6 is 34.7 Å². The number of benzene rings is 2. The predicted octanol–water partition coefficient (Wildman–Crippen LogP) is 5.02. The van der Waals surface area contributed by atoms with Gasteiger partial charge in [0, 0.05) is 10.8 Å². The number of aromatic nitrogens is 1. The fraction of sp³-hybridized carbons (Fsp3) is 0.0667. The third-order valence-corrected chi connectivity index (χ3v) is 5.23. The number of halogens is 1. The fourth-order valence-electron chi connectivity index (χ4n) is 1.78. The van der Waals surface area contributed by atoms with Crippen LogP contribution in [0.15, 0.2) is 48.5 Å². The highest BCUT2D eigenvalue weighted by Crippen LogP contribution is 2.27. The van der Waals surface area contributed by atoms with Gasteiger partial charge in [-0.1, -0.05) is 53.7 Å². The molecule has 0 aliphatic heterocycles. The van der Waals surface area contributed by atoms with Crippen LogP contribution in [0.25, 0.3) is 10.2 Å². The highest BCUT2D eigenvalue weighted by molar-refractivity contribution is 8.13. The Balaban J connectivity index is 1.75. The van der Waals surface area contributed by atoms with Crippen molar-refractivity contribution in [3.05, 3.63) is 64.1 Å². The van der Waals surface area contributed by atoms with E-state index >= 15 is 0 Å². The molecule has 0 unspecified atom stereocenters. The van der Waals surface area contributed by atoms with Crippen LogP contribution in [0, 0.1) is 0 Å². The smallest absolute Gasteiger partial charge is 0.248 e. The molecule has 3 aromatic rings. The summed E-state index contributed by atoms with van der Waals surface area (Å²) >= 11 is 8.75. The summed E-state index contributed by atoms with van der Waals surface area (Å²) < 4.78 is 1.04. The molecule has 0 saturated heterocycles. The maximum atomic E-state index is 12.2. The summed E-state index contributed by atoms with van der Waals surface area (Å²) in [6.07, 6.45) is 0. The number of rotatable bonds is 3. The Bertz CT molecular complexity index is 736. The normalized spacial score (nSPS) is 10.8. The van der Waals surface area contributed by atoms with Crippen LogP contribution in [0.2, 0.25) is 5.02 Å². The van der Waals surface area contributed by atoms with Crippen molar-refractivity contribution >= 4 is 50.0 Å². The van der Waals surface area contributed by atoms with E-state index in [-0.39, 0.29) is 5.12 Å². The maximum Gasteiger partial charge on any atom is 0.248 e. The number of carbonyl (C=O) groups is 1. The van der Waals surface area contributed by atoms with Crippen LogP contribution in [0.4, 0.5) is 0 Å². The first-order valence-electron chi connectivity index (χ1n) is 6.00. The van der Waals surface area contributed by atoms with E-state index in [1.54, 1.807) is 0 Å². The molecule has 0 amide bonds. The molecule has 3 rings (SSSR count). The van der Waals surface area contributed by atoms with Gasteiger partial charge in [0.15, 0.2) is 5.01 Å². The molecule has 1 heterocycles. The summed E-state index contributed by atoms with van der Waals surface area (Å²) in [6.45, 7) is 0. The Morgan fingerprint density at radius 1 is 1.15 bits per heavy atom. The van der Waals surface area contributed by atoms with Crippen molar-refractivity contribution in [2.24, 2.45) is 0 Å². The van der Waals surface area contributed by atoms with E-state index in [0.717, 1.165) is 15.8 Å². The van der Waals surface area contributed by atoms with Gasteiger partial charge < -0.3 is 0 Å². The molecule has 1 aromatic heterocycles. The molecule has 0 fully saturated rings. The molecule has 2 aromatic carbocycles. The number of nitrogens with zero attached hydrogens (tertiary/aromatic N) is 1. The highest BCUT2D eigenvalue weighted by atomic mass is 35.5. The van der Waals surface area contributed by atoms with Crippen LogP contribution in [0.5, 0.6) is 0 Å². The minimum Gasteiger partial charge on any atom is -0.279 e. The molecule has 0 aliphatic carbocycles. The molecule has 0 atom stereocenters. The zero-order chi connectivity index (χ0) is 13.9. The number of carbonyl (C=O) groups excluding carboxylic acids is 1. The van der Waals surface area contributed by atoms with Gasteiger partial charge in [0.1, 0.15) is 0 Å². The lowest BCUT2D eigenvalue weighted by Gasteiger charge is -2.01. The third-order valence-electron chi connectivity index (χ3n) is 2.79. The van der Waals surface area contributed by atoms with Gasteiger partial charge in [-0.2, -0.15) is 0 Å². The minimum absolute atomic E-state index is 0.00822. The minimum atomic E-state index is -0.00822. The summed E-state index contributed by atoms with van der Waals surface area (Å²) in [5.74, 6) is 0.564. The molecule has 5 heteroatoms. The second-order valence-electron chi connectivity index (χ2n) is 4.15. The van der Waals surface area contributed by atoms with E-state index < -0.39 is 0 Å². The van der Waals surface area contributed by atoms with Crippen LogP contribution in [0.3, 0.4) is 0 Å². The molecule has 100 valence electrons. The van der Waals surface area contributed by atoms with E-state index in [0.29, 0.717) is 15.8 Å². The van der Waals surface area contributed by atoms with Gasteiger partial charge >= 0.3 is 0 Å². The van der Waals surface area contributed by atoms with E-state index in [2.05, 4.69) is 4.98 Å². The van der Waals surface area contributed by atoms with Crippen molar-refractivity contribution < 1.29 is 4.79 Å². The predicted molar refractivity (Wildman–Crippen MR) is 86.7 cm³/mol. The zero-order valence-electron chi connectivity index (χ0n) is 10.4. The molecule has 0 spiro atoms. The van der Waals surface area contributed by atoms with Gasteiger partial charge in [-0.05, 0) is 23.8 Å². The molecule has 0 N–H and O–H groups in total. The Labute approximate surface area is 129 Å². The largest absolute Gasteiger partial charge is 0.279 e. The second kappa shape index (κ2) is 5.95. The highest BCUT2D eigenvalue weighted by Gasteiger charge is 2.13. The van der Waals surface area contributed by atoms with E-state index in [4.69, 9.17) is 11.6 Å². The number of thiazole rings is 1. The van der Waals surface area contributed by atoms with Crippen molar-refractivity contribution in [2.45, 2.75) is 5.75 Å². The van der Waals surface area contributed by atoms with E-state index in [9.17, 15) is 4.79 Å². The number of thioether (sulfide) groups is 1. The van der Waals surface area contributed by atoms with Crippen molar-refractivity contribution in [2.75, 3.05) is 0 Å². The van der Waals surface area contributed by atoms with Crippen LogP contribution in [-0.4, -0.2) is 10.1 Å². The zero-order valence-corrected chi connectivity index (χ0v) is 12.8. The lowest BCUT2D eigenvalue weighted by molar-refractivity contribution is 0.108. The van der Waals surface area contributed by atoms with Crippen molar-refractivity contribution in [1.29, 1.82) is 0 Å². The van der Waals surface area contributed by atoms with Gasteiger partial charge in [0.2, 0.25) is 5.12 Å². The van der Waals surface area contributed by atoms with Crippen molar-refractivity contribution in [3.63, 3.8) is 0 Å². The maximum absolute atomic E-state index is 12.2. The third kappa shape index (κ3) is 2.87. The summed E-state index contributed by atoms with van der Waals surface area (Å²) in [6, 6.07) is 15.3. The van der Waals surface area contributed by atoms with Gasteiger partial charge in [0.05, 0.1) is 10.2 Å². The molecule has 0 radical (unpaired) electrons. The molecule has 2 nitrogen and oxygen atoms in total. The Morgan fingerprint density at radius 3 is 2.70 bits per heavy atom. The quantitative estimate of drug-likeness (QED) is 0.678. The summed E-state index contributed by atoms with van der Waals surface area (Å²) in [5, 5.41) is 1.23. The van der Waals surface area contributed by atoms with Crippen molar-refractivity contribution in [1.82, 2.24) is 4.98 Å². The topological polar surface area (TPSA) is 30.0 Å². The van der Waals surface area contributed by atoms with Crippen LogP contribution in [-0.2, 0) is 5.75 Å². The Hall–Kier alpha value is -1.36. The standard InChI is InChI=1S/C15H10ClNOS2/c16-11-6-2-1-5-10(11)9-19-15(18)14-17-12-7-3-4-8-13(12)20-14/h1-8H,9H2. The summed E-state index contributed by atoms with van der Waals surface area (Å²) in [7, 11) is 0. The van der Waals surface area contributed by atoms with Gasteiger partial charge in [-0.25, -0.2) is 4.98 Å². The SMILES string of the molecule is O=C(SCc1ccccc1Cl)c1nc2ccccc2s1. The molecule has 20 heavy (non-hydrogen) atoms. The number of para-hydroxylation sites is 1. The molecular weight excluding hydrogens is 310 g/mol. The summed E-state index contributed by atoms with van der Waals surface area (Å²) in [5.41, 5.74) is 1.84. The van der Waals surface area contributed by atoms with E-state index in [1.165, 1.54) is 23.1 Å². The van der Waals surface area contributed by atoms with E-state index in [1.807, 2.05) is 48.5 Å². The average Bonchev–Trinajstić information content (AvgIpc) is 2.90. The van der Waals surface area contributed by atoms with Gasteiger partial charge in [-0.15, -0.1) is 11.3 Å². The first-order valence-corrected chi connectivity index (χ1v) is 8.18. The lowest BCUT2D eigenvalue weighted by Crippen LogP contribution is -1.93. The number of fused-ring (bicyclic) bond motifs is 1. The average molecular weight is 320 g/mol. The van der Waals surface area contributed by atoms with Crippen LogP contribution in [0.1, 0.15) is 15.4 Å². The molecule has 0 bridgehead atoms. The number of hydrogen-bond donors (Lipinski definition) is 0. The van der Waals surface area contributed by atoms with Gasteiger partial charge in [0.25, 0.3) is 0 Å². The van der Waals surface area contributed by atoms with Crippen LogP contribution < -0.4 is 0 Å². The molecule has 0 aliphatic rings. The van der Waals surface area contributed by atoms with Crippen molar-refractivity contribution in [3.8, 4) is 0 Å².